The first-order chi connectivity index (χ1) is 16.0. The molecule has 0 bridgehead atoms. The van der Waals surface area contributed by atoms with Gasteiger partial charge < -0.3 is 19.5 Å². The smallest absolute Gasteiger partial charge is 0.263 e. The van der Waals surface area contributed by atoms with Gasteiger partial charge >= 0.3 is 0 Å². The number of aromatic nitrogens is 2. The van der Waals surface area contributed by atoms with Gasteiger partial charge in [0.05, 0.1) is 11.1 Å². The van der Waals surface area contributed by atoms with E-state index >= 15 is 0 Å². The van der Waals surface area contributed by atoms with E-state index in [-0.39, 0.29) is 24.0 Å². The van der Waals surface area contributed by atoms with Gasteiger partial charge in [-0.1, -0.05) is 17.8 Å². The Morgan fingerprint density at radius 3 is 2.94 bits per heavy atom. The molecule has 10 heteroatoms. The van der Waals surface area contributed by atoms with Crippen molar-refractivity contribution in [2.24, 2.45) is 0 Å². The Morgan fingerprint density at radius 1 is 1.30 bits per heavy atom. The van der Waals surface area contributed by atoms with Gasteiger partial charge in [0.25, 0.3) is 5.56 Å². The molecule has 0 spiro atoms. The number of carbonyl (C=O) groups excluding carboxylic acids is 1. The molecule has 3 aromatic rings. The molecule has 0 unspecified atom stereocenters. The minimum absolute atomic E-state index is 0.0541. The first-order valence-electron chi connectivity index (χ1n) is 10.8. The van der Waals surface area contributed by atoms with Gasteiger partial charge in [0.1, 0.15) is 4.83 Å². The molecule has 176 valence electrons. The number of nitrogens with zero attached hydrogens (tertiary/aromatic N) is 2. The van der Waals surface area contributed by atoms with Crippen LogP contribution in [0.2, 0.25) is 0 Å². The number of fused-ring (bicyclic) bond motifs is 2. The number of carbonyl (C=O) groups is 1. The number of benzene rings is 1. The molecule has 0 atom stereocenters. The van der Waals surface area contributed by atoms with E-state index in [1.165, 1.54) is 23.1 Å². The molecule has 1 N–H and O–H groups in total. The largest absolute Gasteiger partial charge is 0.454 e. The van der Waals surface area contributed by atoms with Gasteiger partial charge in [-0.3, -0.25) is 14.2 Å². The number of thioether (sulfide) groups is 1. The molecule has 0 radical (unpaired) electrons. The van der Waals surface area contributed by atoms with Gasteiger partial charge in [-0.25, -0.2) is 4.98 Å². The molecule has 1 aliphatic heterocycles. The van der Waals surface area contributed by atoms with Crippen molar-refractivity contribution >= 4 is 39.2 Å². The predicted octanol–water partition coefficient (Wildman–Crippen LogP) is 3.64. The molecule has 4 rings (SSSR count). The van der Waals surface area contributed by atoms with Crippen LogP contribution in [0, 0.1) is 13.8 Å². The molecule has 1 aliphatic rings. The van der Waals surface area contributed by atoms with Crippen LogP contribution in [0.5, 0.6) is 11.5 Å². The van der Waals surface area contributed by atoms with Crippen molar-refractivity contribution in [1.82, 2.24) is 14.9 Å². The van der Waals surface area contributed by atoms with Gasteiger partial charge in [-0.15, -0.1) is 11.3 Å². The summed E-state index contributed by atoms with van der Waals surface area (Å²) >= 11 is 2.79. The van der Waals surface area contributed by atoms with Gasteiger partial charge in [0.15, 0.2) is 16.7 Å². The number of aryl methyl sites for hydroxylation is 2. The SMILES string of the molecule is CCOCCCn1c(SCC(=O)NCc2ccc3c(c2)OCO3)nc2sc(C)c(C)c2c1=O. The first kappa shape index (κ1) is 23.6. The number of amides is 1. The quantitative estimate of drug-likeness (QED) is 0.264. The van der Waals surface area contributed by atoms with Crippen LogP contribution in [0.15, 0.2) is 28.2 Å². The van der Waals surface area contributed by atoms with Crippen LogP contribution in [0.25, 0.3) is 10.2 Å². The molecule has 0 saturated carbocycles. The minimum Gasteiger partial charge on any atom is -0.454 e. The molecule has 0 fully saturated rings. The summed E-state index contributed by atoms with van der Waals surface area (Å²) in [5.74, 6) is 1.43. The van der Waals surface area contributed by atoms with Crippen molar-refractivity contribution in [3.63, 3.8) is 0 Å². The zero-order valence-electron chi connectivity index (χ0n) is 18.9. The fourth-order valence-electron chi connectivity index (χ4n) is 3.52. The molecular formula is C23H27N3O5S2. The van der Waals surface area contributed by atoms with Crippen LogP contribution < -0.4 is 20.3 Å². The zero-order valence-corrected chi connectivity index (χ0v) is 20.6. The highest BCUT2D eigenvalue weighted by Gasteiger charge is 2.18. The lowest BCUT2D eigenvalue weighted by atomic mass is 10.2. The maximum Gasteiger partial charge on any atom is 0.263 e. The number of nitrogens with one attached hydrogen (secondary N) is 1. The maximum absolute atomic E-state index is 13.2. The summed E-state index contributed by atoms with van der Waals surface area (Å²) in [6.45, 7) is 8.21. The Labute approximate surface area is 200 Å². The van der Waals surface area contributed by atoms with Crippen molar-refractivity contribution < 1.29 is 19.0 Å². The topological polar surface area (TPSA) is 91.7 Å². The molecule has 3 heterocycles. The van der Waals surface area contributed by atoms with Crippen LogP contribution in [-0.4, -0.2) is 41.2 Å². The molecule has 1 amide bonds. The summed E-state index contributed by atoms with van der Waals surface area (Å²) in [5.41, 5.74) is 1.85. The predicted molar refractivity (Wildman–Crippen MR) is 130 cm³/mol. The Kier molecular flexibility index (Phi) is 7.56. The molecule has 8 nitrogen and oxygen atoms in total. The van der Waals surface area contributed by atoms with E-state index in [9.17, 15) is 9.59 Å². The van der Waals surface area contributed by atoms with Gasteiger partial charge in [-0.05, 0) is 50.5 Å². The van der Waals surface area contributed by atoms with Crippen molar-refractivity contribution in [3.05, 3.63) is 44.6 Å². The molecular weight excluding hydrogens is 462 g/mol. The van der Waals surface area contributed by atoms with E-state index in [2.05, 4.69) is 5.32 Å². The Bertz CT molecular complexity index is 1220. The first-order valence-corrected chi connectivity index (χ1v) is 12.6. The maximum atomic E-state index is 13.2. The summed E-state index contributed by atoms with van der Waals surface area (Å²) in [5, 5.41) is 4.15. The second-order valence-electron chi connectivity index (χ2n) is 7.62. The van der Waals surface area contributed by atoms with Gasteiger partial charge in [0.2, 0.25) is 12.7 Å². The van der Waals surface area contributed by atoms with Crippen molar-refractivity contribution in [3.8, 4) is 11.5 Å². The number of ether oxygens (including phenoxy) is 3. The lowest BCUT2D eigenvalue weighted by Gasteiger charge is -2.12. The third-order valence-electron chi connectivity index (χ3n) is 5.39. The average Bonchev–Trinajstić information content (AvgIpc) is 3.38. The van der Waals surface area contributed by atoms with E-state index in [4.69, 9.17) is 19.2 Å². The van der Waals surface area contributed by atoms with Crippen LogP contribution >= 0.6 is 23.1 Å². The van der Waals surface area contributed by atoms with E-state index in [1.54, 1.807) is 4.57 Å². The van der Waals surface area contributed by atoms with Crippen LogP contribution in [0.1, 0.15) is 29.3 Å². The van der Waals surface area contributed by atoms with E-state index in [0.717, 1.165) is 20.8 Å². The van der Waals surface area contributed by atoms with Gasteiger partial charge in [0, 0.05) is 31.2 Å². The summed E-state index contributed by atoms with van der Waals surface area (Å²) in [4.78, 5) is 32.3. The average molecular weight is 490 g/mol. The van der Waals surface area contributed by atoms with Gasteiger partial charge in [-0.2, -0.15) is 0 Å². The Balaban J connectivity index is 1.44. The highest BCUT2D eigenvalue weighted by molar-refractivity contribution is 7.99. The number of hydrogen-bond acceptors (Lipinski definition) is 8. The van der Waals surface area contributed by atoms with Crippen LogP contribution in [0.4, 0.5) is 0 Å². The lowest BCUT2D eigenvalue weighted by Crippen LogP contribution is -2.27. The lowest BCUT2D eigenvalue weighted by molar-refractivity contribution is -0.118. The van der Waals surface area contributed by atoms with Crippen LogP contribution in [-0.2, 0) is 22.6 Å². The Hall–Kier alpha value is -2.56. The fraction of sp³-hybridized carbons (Fsp3) is 0.435. The zero-order chi connectivity index (χ0) is 23.4. The van der Waals surface area contributed by atoms with E-state index in [1.807, 2.05) is 39.0 Å². The van der Waals surface area contributed by atoms with Crippen molar-refractivity contribution in [1.29, 1.82) is 0 Å². The molecule has 2 aromatic heterocycles. The van der Waals surface area contributed by atoms with E-state index < -0.39 is 0 Å². The summed E-state index contributed by atoms with van der Waals surface area (Å²) in [6, 6.07) is 5.60. The number of hydrogen-bond donors (Lipinski definition) is 1. The highest BCUT2D eigenvalue weighted by Crippen LogP contribution is 2.32. The second-order valence-corrected chi connectivity index (χ2v) is 9.76. The number of thiophene rings is 1. The van der Waals surface area contributed by atoms with Crippen molar-refractivity contribution in [2.75, 3.05) is 25.8 Å². The fourth-order valence-corrected chi connectivity index (χ4v) is 5.44. The third kappa shape index (κ3) is 5.34. The molecule has 0 aliphatic carbocycles. The molecule has 33 heavy (non-hydrogen) atoms. The van der Waals surface area contributed by atoms with Crippen LogP contribution in [0.3, 0.4) is 0 Å². The minimum atomic E-state index is -0.133. The summed E-state index contributed by atoms with van der Waals surface area (Å²) in [6.07, 6.45) is 0.701. The second kappa shape index (κ2) is 10.6. The third-order valence-corrected chi connectivity index (χ3v) is 7.46. The monoisotopic (exact) mass is 489 g/mol. The molecule has 0 saturated heterocycles. The molecule has 1 aromatic carbocycles. The highest BCUT2D eigenvalue weighted by atomic mass is 32.2. The summed E-state index contributed by atoms with van der Waals surface area (Å²) in [7, 11) is 0. The number of rotatable bonds is 10. The summed E-state index contributed by atoms with van der Waals surface area (Å²) < 4.78 is 17.8. The standard InChI is InChI=1S/C23H27N3O5S2/c1-4-29-9-5-8-26-22(28)20-14(2)15(3)33-21(20)25-23(26)32-12-19(27)24-11-16-6-7-17-18(10-16)31-13-30-17/h6-7,10H,4-5,8-9,11-13H2,1-3H3,(H,24,27). The van der Waals surface area contributed by atoms with Crippen molar-refractivity contribution in [2.45, 2.75) is 45.4 Å². The van der Waals surface area contributed by atoms with E-state index in [0.29, 0.717) is 54.8 Å². The normalized spacial score (nSPS) is 12.5. The Morgan fingerprint density at radius 2 is 2.12 bits per heavy atom.